The quantitative estimate of drug-likeness (QED) is 0.668. The molecule has 0 saturated carbocycles. The number of ether oxygens (including phenoxy) is 1. The minimum atomic E-state index is -0.229. The van der Waals surface area contributed by atoms with Crippen molar-refractivity contribution in [2.45, 2.75) is 13.8 Å². The van der Waals surface area contributed by atoms with Gasteiger partial charge in [0, 0.05) is 11.8 Å². The highest BCUT2D eigenvalue weighted by molar-refractivity contribution is 6.02. The van der Waals surface area contributed by atoms with E-state index < -0.39 is 0 Å². The van der Waals surface area contributed by atoms with Gasteiger partial charge in [0.15, 0.2) is 0 Å². The third kappa shape index (κ3) is 3.88. The van der Waals surface area contributed by atoms with Gasteiger partial charge in [0.1, 0.15) is 11.5 Å². The van der Waals surface area contributed by atoms with Gasteiger partial charge in [-0.15, -0.1) is 0 Å². The predicted molar refractivity (Wildman–Crippen MR) is 88.2 cm³/mol. The number of methoxy groups -OCH3 is 1. The van der Waals surface area contributed by atoms with Crippen LogP contribution in [0.5, 0.6) is 11.5 Å². The lowest BCUT2D eigenvalue weighted by molar-refractivity contribution is -0.111. The molecule has 22 heavy (non-hydrogen) atoms. The Labute approximate surface area is 130 Å². The molecule has 0 radical (unpaired) electrons. The van der Waals surface area contributed by atoms with Gasteiger partial charge in [0.05, 0.1) is 7.11 Å². The number of phenols is 1. The second kappa shape index (κ2) is 6.80. The zero-order valence-electron chi connectivity index (χ0n) is 12.9. The molecule has 4 heteroatoms. The average Bonchev–Trinajstić information content (AvgIpc) is 2.50. The van der Waals surface area contributed by atoms with Gasteiger partial charge >= 0.3 is 0 Å². The second-order valence-electron chi connectivity index (χ2n) is 5.06. The van der Waals surface area contributed by atoms with Crippen molar-refractivity contribution in [1.29, 1.82) is 0 Å². The Balaban J connectivity index is 2.08. The number of hydrogen-bond acceptors (Lipinski definition) is 3. The third-order valence-corrected chi connectivity index (χ3v) is 3.28. The van der Waals surface area contributed by atoms with Gasteiger partial charge in [-0.05, 0) is 60.9 Å². The molecule has 0 atom stereocenters. The number of carbonyl (C=O) groups excluding carboxylic acids is 1. The van der Waals surface area contributed by atoms with Gasteiger partial charge < -0.3 is 15.2 Å². The number of rotatable bonds is 4. The summed E-state index contributed by atoms with van der Waals surface area (Å²) >= 11 is 0. The normalized spacial score (nSPS) is 10.7. The molecule has 0 aliphatic heterocycles. The zero-order chi connectivity index (χ0) is 16.1. The maximum Gasteiger partial charge on any atom is 0.248 e. The summed E-state index contributed by atoms with van der Waals surface area (Å²) in [5, 5.41) is 12.5. The highest BCUT2D eigenvalue weighted by Crippen LogP contribution is 2.25. The molecule has 0 aromatic heterocycles. The summed E-state index contributed by atoms with van der Waals surface area (Å²) in [5.41, 5.74) is 3.00. The molecule has 0 heterocycles. The maximum absolute atomic E-state index is 12.0. The number of aromatic hydroxyl groups is 1. The molecule has 2 aromatic rings. The minimum Gasteiger partial charge on any atom is -0.507 e. The zero-order valence-corrected chi connectivity index (χ0v) is 12.9. The number of nitrogens with one attached hydrogen (secondary N) is 1. The number of anilines is 1. The van der Waals surface area contributed by atoms with E-state index in [0.717, 1.165) is 22.4 Å². The molecule has 0 bridgehead atoms. The van der Waals surface area contributed by atoms with Crippen molar-refractivity contribution in [3.8, 4) is 11.5 Å². The summed E-state index contributed by atoms with van der Waals surface area (Å²) in [6.45, 7) is 3.59. The van der Waals surface area contributed by atoms with Crippen molar-refractivity contribution in [3.63, 3.8) is 0 Å². The molecular formula is C18H19NO3. The smallest absolute Gasteiger partial charge is 0.248 e. The lowest BCUT2D eigenvalue weighted by Gasteiger charge is -2.08. The Morgan fingerprint density at radius 1 is 1.18 bits per heavy atom. The lowest BCUT2D eigenvalue weighted by atomic mass is 10.1. The lowest BCUT2D eigenvalue weighted by Crippen LogP contribution is -2.08. The summed E-state index contributed by atoms with van der Waals surface area (Å²) in [5.74, 6) is 0.768. The van der Waals surface area contributed by atoms with Crippen LogP contribution in [-0.2, 0) is 4.79 Å². The first-order chi connectivity index (χ1) is 10.5. The van der Waals surface area contributed by atoms with Crippen LogP contribution in [0.15, 0.2) is 42.5 Å². The van der Waals surface area contributed by atoms with Gasteiger partial charge in [0.25, 0.3) is 0 Å². The monoisotopic (exact) mass is 297 g/mol. The minimum absolute atomic E-state index is 0.229. The molecule has 1 amide bonds. The summed E-state index contributed by atoms with van der Waals surface area (Å²) in [6, 6.07) is 10.9. The number of amides is 1. The van der Waals surface area contributed by atoms with E-state index in [1.807, 2.05) is 24.3 Å². The maximum atomic E-state index is 12.0. The van der Waals surface area contributed by atoms with E-state index in [0.29, 0.717) is 5.69 Å². The summed E-state index contributed by atoms with van der Waals surface area (Å²) in [4.78, 5) is 12.0. The Morgan fingerprint density at radius 2 is 1.86 bits per heavy atom. The Bertz CT molecular complexity index is 697. The molecule has 0 spiro atoms. The largest absolute Gasteiger partial charge is 0.507 e. The van der Waals surface area contributed by atoms with Crippen LogP contribution in [0, 0.1) is 13.8 Å². The first kappa shape index (κ1) is 15.6. The fourth-order valence-electron chi connectivity index (χ4n) is 2.13. The van der Waals surface area contributed by atoms with E-state index in [2.05, 4.69) is 5.32 Å². The Morgan fingerprint density at radius 3 is 2.50 bits per heavy atom. The summed E-state index contributed by atoms with van der Waals surface area (Å²) in [7, 11) is 1.60. The first-order valence-corrected chi connectivity index (χ1v) is 6.93. The highest BCUT2D eigenvalue weighted by Gasteiger charge is 2.05. The third-order valence-electron chi connectivity index (χ3n) is 3.28. The molecule has 0 unspecified atom stereocenters. The number of hydrogen-bond donors (Lipinski definition) is 2. The van der Waals surface area contributed by atoms with Crippen LogP contribution < -0.4 is 10.1 Å². The number of carbonyl (C=O) groups is 1. The van der Waals surface area contributed by atoms with E-state index in [1.165, 1.54) is 6.08 Å². The van der Waals surface area contributed by atoms with Crippen LogP contribution in [0.3, 0.4) is 0 Å². The van der Waals surface area contributed by atoms with E-state index >= 15 is 0 Å². The van der Waals surface area contributed by atoms with Crippen molar-refractivity contribution < 1.29 is 14.6 Å². The summed E-state index contributed by atoms with van der Waals surface area (Å²) < 4.78 is 5.14. The van der Waals surface area contributed by atoms with Crippen LogP contribution in [0.25, 0.3) is 6.08 Å². The van der Waals surface area contributed by atoms with Crippen molar-refractivity contribution in [2.24, 2.45) is 0 Å². The average molecular weight is 297 g/mol. The van der Waals surface area contributed by atoms with E-state index in [-0.39, 0.29) is 11.7 Å². The van der Waals surface area contributed by atoms with Crippen molar-refractivity contribution >= 4 is 17.7 Å². The summed E-state index contributed by atoms with van der Waals surface area (Å²) in [6.07, 6.45) is 3.18. The molecule has 0 aliphatic rings. The van der Waals surface area contributed by atoms with Crippen LogP contribution >= 0.6 is 0 Å². The van der Waals surface area contributed by atoms with Crippen LogP contribution in [0.2, 0.25) is 0 Å². The van der Waals surface area contributed by atoms with Crippen LogP contribution in [-0.4, -0.2) is 18.1 Å². The fourth-order valence-corrected chi connectivity index (χ4v) is 2.13. The Hall–Kier alpha value is -2.75. The number of benzene rings is 2. The topological polar surface area (TPSA) is 58.6 Å². The highest BCUT2D eigenvalue weighted by atomic mass is 16.5. The molecule has 2 rings (SSSR count). The van der Waals surface area contributed by atoms with Crippen molar-refractivity contribution in [1.82, 2.24) is 0 Å². The number of aryl methyl sites for hydroxylation is 2. The van der Waals surface area contributed by atoms with Crippen LogP contribution in [0.4, 0.5) is 5.69 Å². The van der Waals surface area contributed by atoms with E-state index in [9.17, 15) is 9.90 Å². The molecular weight excluding hydrogens is 278 g/mol. The molecule has 0 aliphatic carbocycles. The van der Waals surface area contributed by atoms with Crippen molar-refractivity contribution in [2.75, 3.05) is 12.4 Å². The van der Waals surface area contributed by atoms with Crippen LogP contribution in [0.1, 0.15) is 16.7 Å². The molecule has 4 nitrogen and oxygen atoms in total. The van der Waals surface area contributed by atoms with E-state index in [4.69, 9.17) is 4.74 Å². The van der Waals surface area contributed by atoms with Gasteiger partial charge in [-0.1, -0.05) is 12.1 Å². The van der Waals surface area contributed by atoms with Gasteiger partial charge in [-0.3, -0.25) is 4.79 Å². The standard InChI is InChI=1S/C18H19NO3/c1-12-9-15(10-13(2)18(12)21)19-17(20)8-7-14-5-4-6-16(11-14)22-3/h4-11,21H,1-3H3,(H,19,20)/b8-7+. The molecule has 2 N–H and O–H groups in total. The molecule has 0 fully saturated rings. The molecule has 2 aromatic carbocycles. The SMILES string of the molecule is COc1cccc(/C=C/C(=O)Nc2cc(C)c(O)c(C)c2)c1. The van der Waals surface area contributed by atoms with Gasteiger partial charge in [0.2, 0.25) is 5.91 Å². The number of phenolic OH excluding ortho intramolecular Hbond substituents is 1. The van der Waals surface area contributed by atoms with Gasteiger partial charge in [-0.2, -0.15) is 0 Å². The predicted octanol–water partition coefficient (Wildman–Crippen LogP) is 3.67. The fraction of sp³-hybridized carbons (Fsp3) is 0.167. The van der Waals surface area contributed by atoms with E-state index in [1.54, 1.807) is 39.2 Å². The van der Waals surface area contributed by atoms with Crippen molar-refractivity contribution in [3.05, 3.63) is 59.2 Å². The Kier molecular flexibility index (Phi) is 4.84. The van der Waals surface area contributed by atoms with Gasteiger partial charge in [-0.25, -0.2) is 0 Å². The molecule has 0 saturated heterocycles. The molecule has 114 valence electrons. The second-order valence-corrected chi connectivity index (χ2v) is 5.06. The first-order valence-electron chi connectivity index (χ1n) is 6.93.